The van der Waals surface area contributed by atoms with Gasteiger partial charge >= 0.3 is 0 Å². The van der Waals surface area contributed by atoms with Crippen LogP contribution in [-0.2, 0) is 0 Å². The lowest BCUT2D eigenvalue weighted by Gasteiger charge is -2.17. The van der Waals surface area contributed by atoms with E-state index in [0.717, 1.165) is 34.7 Å². The molecule has 0 bridgehead atoms. The summed E-state index contributed by atoms with van der Waals surface area (Å²) >= 11 is 1.76. The monoisotopic (exact) mass is 411 g/mol. The van der Waals surface area contributed by atoms with E-state index in [1.807, 2.05) is 42.8 Å². The molecule has 0 aliphatic rings. The number of aromatic nitrogens is 3. The number of hydrogen-bond donors (Lipinski definition) is 1. The number of benzene rings is 1. The van der Waals surface area contributed by atoms with Crippen LogP contribution in [0.2, 0.25) is 0 Å². The summed E-state index contributed by atoms with van der Waals surface area (Å²) in [6.45, 7) is 6.19. The van der Waals surface area contributed by atoms with E-state index in [9.17, 15) is 4.39 Å². The molecule has 1 atom stereocenters. The van der Waals surface area contributed by atoms with E-state index >= 15 is 0 Å². The third kappa shape index (κ3) is 5.23. The highest BCUT2D eigenvalue weighted by molar-refractivity contribution is 7.99. The van der Waals surface area contributed by atoms with Gasteiger partial charge in [0.15, 0.2) is 11.6 Å². The minimum atomic E-state index is -0.248. The predicted octanol–water partition coefficient (Wildman–Crippen LogP) is 5.51. The molecule has 0 spiro atoms. The predicted molar refractivity (Wildman–Crippen MR) is 120 cm³/mol. The van der Waals surface area contributed by atoms with Crippen molar-refractivity contribution >= 4 is 28.9 Å². The van der Waals surface area contributed by atoms with E-state index in [-0.39, 0.29) is 11.1 Å². The molecule has 1 N–H and O–H groups in total. The highest BCUT2D eigenvalue weighted by Gasteiger charge is 2.20. The Balaban J connectivity index is 2.07. The molecule has 1 aromatic carbocycles. The van der Waals surface area contributed by atoms with Gasteiger partial charge in [0.2, 0.25) is 0 Å². The van der Waals surface area contributed by atoms with Crippen LogP contribution in [0.1, 0.15) is 43.8 Å². The summed E-state index contributed by atoms with van der Waals surface area (Å²) in [5, 5.41) is 7.98. The molecule has 152 valence electrons. The summed E-state index contributed by atoms with van der Waals surface area (Å²) in [4.78, 5) is 9.17. The van der Waals surface area contributed by atoms with E-state index < -0.39 is 0 Å². The van der Waals surface area contributed by atoms with E-state index in [4.69, 9.17) is 10.1 Å². The van der Waals surface area contributed by atoms with E-state index in [1.165, 1.54) is 12.1 Å². The second-order valence-electron chi connectivity index (χ2n) is 6.91. The molecule has 29 heavy (non-hydrogen) atoms. The minimum absolute atomic E-state index is 0.0895. The van der Waals surface area contributed by atoms with Crippen molar-refractivity contribution in [1.29, 1.82) is 0 Å². The van der Waals surface area contributed by atoms with Crippen LogP contribution in [0.4, 0.5) is 10.2 Å². The largest absolute Gasteiger partial charge is 0.323 e. The average molecular weight is 412 g/mol. The molecule has 0 aliphatic carbocycles. The van der Waals surface area contributed by atoms with Crippen LogP contribution in [-0.4, -0.2) is 33.2 Å². The third-order valence-corrected chi connectivity index (χ3v) is 5.68. The van der Waals surface area contributed by atoms with Gasteiger partial charge in [-0.15, -0.1) is 11.8 Å². The number of rotatable bonds is 7. The fourth-order valence-electron chi connectivity index (χ4n) is 2.90. The van der Waals surface area contributed by atoms with Gasteiger partial charge in [-0.25, -0.2) is 13.9 Å². The zero-order valence-electron chi connectivity index (χ0n) is 17.2. The lowest BCUT2D eigenvalue weighted by atomic mass is 10.1. The Kier molecular flexibility index (Phi) is 7.04. The number of anilines is 1. The number of hydrogen-bond acceptors (Lipinski definition) is 4. The second kappa shape index (κ2) is 9.69. The lowest BCUT2D eigenvalue weighted by Crippen LogP contribution is -2.15. The maximum atomic E-state index is 13.5. The first-order chi connectivity index (χ1) is 14.0. The molecule has 0 amide bonds. The summed E-state index contributed by atoms with van der Waals surface area (Å²) in [5.74, 6) is 2.81. The molecule has 2 heterocycles. The minimum Gasteiger partial charge on any atom is -0.323 e. The van der Waals surface area contributed by atoms with Gasteiger partial charge < -0.3 is 5.32 Å². The van der Waals surface area contributed by atoms with Crippen LogP contribution in [0.15, 0.2) is 59.2 Å². The first-order valence-corrected chi connectivity index (χ1v) is 10.7. The van der Waals surface area contributed by atoms with E-state index in [1.54, 1.807) is 30.9 Å². The normalized spacial score (nSPS) is 12.8. The van der Waals surface area contributed by atoms with Gasteiger partial charge in [0.25, 0.3) is 0 Å². The fraction of sp³-hybridized carbons (Fsp3) is 0.318. The van der Waals surface area contributed by atoms with Crippen LogP contribution >= 0.6 is 11.8 Å². The summed E-state index contributed by atoms with van der Waals surface area (Å²) in [7, 11) is 1.75. The van der Waals surface area contributed by atoms with Crippen molar-refractivity contribution in [2.24, 2.45) is 4.99 Å². The zero-order valence-corrected chi connectivity index (χ0v) is 18.0. The van der Waals surface area contributed by atoms with Gasteiger partial charge in [0.05, 0.1) is 5.25 Å². The van der Waals surface area contributed by atoms with Crippen molar-refractivity contribution in [3.8, 4) is 0 Å². The molecule has 0 aliphatic heterocycles. The average Bonchev–Trinajstić information content (AvgIpc) is 3.17. The molecular weight excluding hydrogens is 385 g/mol. The fourth-order valence-corrected chi connectivity index (χ4v) is 3.97. The van der Waals surface area contributed by atoms with Crippen LogP contribution in [0.25, 0.3) is 5.52 Å². The first kappa shape index (κ1) is 21.0. The Morgan fingerprint density at radius 2 is 2.03 bits per heavy atom. The molecule has 0 saturated carbocycles. The molecule has 0 fully saturated rings. The molecule has 1 unspecified atom stereocenters. The maximum absolute atomic E-state index is 13.5. The van der Waals surface area contributed by atoms with Crippen molar-refractivity contribution in [3.05, 3.63) is 71.4 Å². The van der Waals surface area contributed by atoms with Crippen molar-refractivity contribution in [3.63, 3.8) is 0 Å². The number of halogens is 1. The molecule has 0 saturated heterocycles. The number of thioether (sulfide) groups is 1. The van der Waals surface area contributed by atoms with Crippen molar-refractivity contribution in [2.45, 2.75) is 32.4 Å². The number of nitrogens with one attached hydrogen (secondary N) is 1. The van der Waals surface area contributed by atoms with Crippen LogP contribution in [0, 0.1) is 5.82 Å². The SMILES string of the molecule is CCCSC(c1ccc(F)cc1)c1nc(NC(C=C(C)C)=NC)c2cccn2n1. The van der Waals surface area contributed by atoms with Gasteiger partial charge in [0, 0.05) is 13.2 Å². The van der Waals surface area contributed by atoms with Gasteiger partial charge in [-0.05, 0) is 61.9 Å². The molecule has 2 aromatic heterocycles. The Bertz CT molecular complexity index is 1020. The van der Waals surface area contributed by atoms with Gasteiger partial charge in [0.1, 0.15) is 17.2 Å². The van der Waals surface area contributed by atoms with Crippen LogP contribution < -0.4 is 5.32 Å². The lowest BCUT2D eigenvalue weighted by molar-refractivity contribution is 0.627. The smallest absolute Gasteiger partial charge is 0.169 e. The molecule has 5 nitrogen and oxygen atoms in total. The number of nitrogens with zero attached hydrogens (tertiary/aromatic N) is 4. The topological polar surface area (TPSA) is 54.6 Å². The van der Waals surface area contributed by atoms with Crippen molar-refractivity contribution in [2.75, 3.05) is 18.1 Å². The quantitative estimate of drug-likeness (QED) is 0.412. The van der Waals surface area contributed by atoms with Crippen LogP contribution in [0.5, 0.6) is 0 Å². The van der Waals surface area contributed by atoms with Crippen molar-refractivity contribution < 1.29 is 4.39 Å². The van der Waals surface area contributed by atoms with Gasteiger partial charge in [-0.1, -0.05) is 24.6 Å². The van der Waals surface area contributed by atoms with Gasteiger partial charge in [-0.2, -0.15) is 5.10 Å². The summed E-state index contributed by atoms with van der Waals surface area (Å²) in [5.41, 5.74) is 2.99. The summed E-state index contributed by atoms with van der Waals surface area (Å²) < 4.78 is 15.3. The summed E-state index contributed by atoms with van der Waals surface area (Å²) in [6.07, 6.45) is 4.92. The van der Waals surface area contributed by atoms with Crippen LogP contribution in [0.3, 0.4) is 0 Å². The Labute approximate surface area is 175 Å². The molecular formula is C22H26FN5S. The highest BCUT2D eigenvalue weighted by atomic mass is 32.2. The third-order valence-electron chi connectivity index (χ3n) is 4.22. The van der Waals surface area contributed by atoms with Gasteiger partial charge in [-0.3, -0.25) is 4.99 Å². The number of aliphatic imine (C=N–C) groups is 1. The first-order valence-electron chi connectivity index (χ1n) is 9.63. The standard InChI is InChI=1S/C22H26FN5S/c1-5-13-29-20(16-8-10-17(23)11-9-16)22-26-21(18-7-6-12-28(18)27-22)25-19(24-4)14-15(2)3/h6-12,14,20H,5,13H2,1-4H3,(H,24,25,26,27). The van der Waals surface area contributed by atoms with E-state index in [2.05, 4.69) is 17.2 Å². The molecule has 0 radical (unpaired) electrons. The molecule has 3 aromatic rings. The Morgan fingerprint density at radius 3 is 2.69 bits per heavy atom. The second-order valence-corrected chi connectivity index (χ2v) is 8.13. The maximum Gasteiger partial charge on any atom is 0.169 e. The number of amidine groups is 1. The highest BCUT2D eigenvalue weighted by Crippen LogP contribution is 2.35. The Morgan fingerprint density at radius 1 is 1.28 bits per heavy atom. The summed E-state index contributed by atoms with van der Waals surface area (Å²) in [6, 6.07) is 10.5. The zero-order chi connectivity index (χ0) is 20.8. The number of allylic oxidation sites excluding steroid dienone is 1. The molecule has 7 heteroatoms. The number of fused-ring (bicyclic) bond motifs is 1. The Hall–Kier alpha value is -2.67. The van der Waals surface area contributed by atoms with E-state index in [0.29, 0.717) is 11.6 Å². The van der Waals surface area contributed by atoms with Crippen molar-refractivity contribution in [1.82, 2.24) is 14.6 Å². The molecule has 3 rings (SSSR count).